The summed E-state index contributed by atoms with van der Waals surface area (Å²) >= 11 is 0. The van der Waals surface area contributed by atoms with Gasteiger partial charge in [-0.3, -0.25) is 0 Å². The zero-order valence-corrected chi connectivity index (χ0v) is 9.06. The smallest absolute Gasteiger partial charge is 0.0114 e. The Morgan fingerprint density at radius 2 is 1.92 bits per heavy atom. The van der Waals surface area contributed by atoms with Crippen molar-refractivity contribution in [3.05, 3.63) is 24.0 Å². The molecule has 13 heavy (non-hydrogen) atoms. The maximum Gasteiger partial charge on any atom is 0.0114 e. The summed E-state index contributed by atoms with van der Waals surface area (Å²) in [5, 5.41) is 3.32. The molecule has 0 aliphatic carbocycles. The molecular formula is C12H21N. The lowest BCUT2D eigenvalue weighted by Gasteiger charge is -2.29. The second-order valence-electron chi connectivity index (χ2n) is 3.84. The predicted octanol–water partition coefficient (Wildman–Crippen LogP) is 3.59. The molecule has 1 rings (SSSR count). The minimum absolute atomic E-state index is 0.329. The molecule has 0 atom stereocenters. The lowest BCUT2D eigenvalue weighted by atomic mass is 9.80. The van der Waals surface area contributed by atoms with E-state index >= 15 is 0 Å². The molecule has 1 aliphatic heterocycles. The van der Waals surface area contributed by atoms with Gasteiger partial charge in [0.25, 0.3) is 0 Å². The maximum absolute atomic E-state index is 3.32. The Balaban J connectivity index is 2.74. The number of hydrogen-bond donors (Lipinski definition) is 1. The standard InChI is InChI=1S/C12H21N/c1-4-7-11-10-12(5-2,6-3)8-9-13-11/h8-10,13H,4-7H2,1-3H3. The van der Waals surface area contributed by atoms with Gasteiger partial charge in [0.2, 0.25) is 0 Å². The normalized spacial score (nSPS) is 19.5. The van der Waals surface area contributed by atoms with Crippen molar-refractivity contribution in [1.82, 2.24) is 5.32 Å². The van der Waals surface area contributed by atoms with Gasteiger partial charge in [-0.05, 0) is 25.5 Å². The molecule has 74 valence electrons. The molecule has 1 heterocycles. The molecular weight excluding hydrogens is 158 g/mol. The molecule has 0 aromatic heterocycles. The van der Waals surface area contributed by atoms with Crippen LogP contribution in [0.2, 0.25) is 0 Å². The molecule has 0 amide bonds. The third-order valence-corrected chi connectivity index (χ3v) is 2.98. The third-order valence-electron chi connectivity index (χ3n) is 2.98. The summed E-state index contributed by atoms with van der Waals surface area (Å²) in [6, 6.07) is 0. The van der Waals surface area contributed by atoms with Crippen molar-refractivity contribution in [3.63, 3.8) is 0 Å². The molecule has 0 saturated carbocycles. The number of rotatable bonds is 4. The van der Waals surface area contributed by atoms with Crippen molar-refractivity contribution in [2.45, 2.75) is 46.5 Å². The van der Waals surface area contributed by atoms with Crippen molar-refractivity contribution in [3.8, 4) is 0 Å². The lowest BCUT2D eigenvalue weighted by Crippen LogP contribution is -2.21. The van der Waals surface area contributed by atoms with E-state index < -0.39 is 0 Å². The molecule has 0 bridgehead atoms. The fraction of sp³-hybridized carbons (Fsp3) is 0.667. The molecule has 0 fully saturated rings. The molecule has 1 heteroatoms. The molecule has 1 aliphatic rings. The van der Waals surface area contributed by atoms with Crippen LogP contribution in [0.5, 0.6) is 0 Å². The van der Waals surface area contributed by atoms with Crippen LogP contribution in [0.3, 0.4) is 0 Å². The van der Waals surface area contributed by atoms with E-state index in [-0.39, 0.29) is 0 Å². The first kappa shape index (κ1) is 10.4. The fourth-order valence-electron chi connectivity index (χ4n) is 1.85. The van der Waals surface area contributed by atoms with Gasteiger partial charge in [-0.2, -0.15) is 0 Å². The van der Waals surface area contributed by atoms with Crippen LogP contribution in [-0.4, -0.2) is 0 Å². The van der Waals surface area contributed by atoms with Crippen LogP contribution in [0.4, 0.5) is 0 Å². The van der Waals surface area contributed by atoms with E-state index in [2.05, 4.69) is 44.4 Å². The quantitative estimate of drug-likeness (QED) is 0.695. The summed E-state index contributed by atoms with van der Waals surface area (Å²) in [6.45, 7) is 6.75. The Bertz CT molecular complexity index is 209. The zero-order valence-electron chi connectivity index (χ0n) is 9.06. The van der Waals surface area contributed by atoms with Crippen molar-refractivity contribution < 1.29 is 0 Å². The second kappa shape index (κ2) is 4.50. The summed E-state index contributed by atoms with van der Waals surface area (Å²) in [5.74, 6) is 0. The van der Waals surface area contributed by atoms with Gasteiger partial charge in [0, 0.05) is 11.1 Å². The van der Waals surface area contributed by atoms with E-state index in [9.17, 15) is 0 Å². The Kier molecular flexibility index (Phi) is 3.58. The Morgan fingerprint density at radius 3 is 2.46 bits per heavy atom. The largest absolute Gasteiger partial charge is 0.366 e. The number of allylic oxidation sites excluding steroid dienone is 3. The second-order valence-corrected chi connectivity index (χ2v) is 3.84. The summed E-state index contributed by atoms with van der Waals surface area (Å²) in [7, 11) is 0. The molecule has 0 spiro atoms. The highest BCUT2D eigenvalue weighted by Crippen LogP contribution is 2.33. The summed E-state index contributed by atoms with van der Waals surface area (Å²) in [5.41, 5.74) is 1.73. The average molecular weight is 179 g/mol. The van der Waals surface area contributed by atoms with Gasteiger partial charge in [0.15, 0.2) is 0 Å². The van der Waals surface area contributed by atoms with Gasteiger partial charge in [-0.1, -0.05) is 39.3 Å². The van der Waals surface area contributed by atoms with Crippen LogP contribution in [0.1, 0.15) is 46.5 Å². The van der Waals surface area contributed by atoms with Gasteiger partial charge in [0.05, 0.1) is 0 Å². The van der Waals surface area contributed by atoms with Gasteiger partial charge in [-0.25, -0.2) is 0 Å². The van der Waals surface area contributed by atoms with Crippen LogP contribution < -0.4 is 5.32 Å². The molecule has 0 aromatic rings. The van der Waals surface area contributed by atoms with E-state index in [4.69, 9.17) is 0 Å². The van der Waals surface area contributed by atoms with Crippen LogP contribution in [0, 0.1) is 5.41 Å². The zero-order chi connectivity index (χ0) is 9.73. The van der Waals surface area contributed by atoms with Crippen LogP contribution in [0.25, 0.3) is 0 Å². The topological polar surface area (TPSA) is 12.0 Å². The highest BCUT2D eigenvalue weighted by atomic mass is 14.9. The SMILES string of the molecule is CCCC1=CC(CC)(CC)C=CN1. The van der Waals surface area contributed by atoms with Crippen molar-refractivity contribution in [2.24, 2.45) is 5.41 Å². The summed E-state index contributed by atoms with van der Waals surface area (Å²) in [6.07, 6.45) is 11.6. The highest BCUT2D eigenvalue weighted by molar-refractivity contribution is 5.21. The molecule has 1 N–H and O–H groups in total. The molecule has 0 unspecified atom stereocenters. The number of dihydropyridines is 1. The lowest BCUT2D eigenvalue weighted by molar-refractivity contribution is 0.440. The minimum atomic E-state index is 0.329. The fourth-order valence-corrected chi connectivity index (χ4v) is 1.85. The average Bonchev–Trinajstić information content (AvgIpc) is 2.19. The first-order chi connectivity index (χ1) is 6.26. The van der Waals surface area contributed by atoms with Crippen LogP contribution in [0.15, 0.2) is 24.0 Å². The first-order valence-electron chi connectivity index (χ1n) is 5.42. The Morgan fingerprint density at radius 1 is 1.23 bits per heavy atom. The van der Waals surface area contributed by atoms with Gasteiger partial charge in [0.1, 0.15) is 0 Å². The highest BCUT2D eigenvalue weighted by Gasteiger charge is 2.22. The minimum Gasteiger partial charge on any atom is -0.366 e. The number of hydrogen-bond acceptors (Lipinski definition) is 1. The molecule has 0 radical (unpaired) electrons. The van der Waals surface area contributed by atoms with Crippen molar-refractivity contribution in [1.29, 1.82) is 0 Å². The molecule has 1 nitrogen and oxygen atoms in total. The molecule has 0 saturated heterocycles. The van der Waals surface area contributed by atoms with Gasteiger partial charge in [-0.15, -0.1) is 0 Å². The van der Waals surface area contributed by atoms with E-state index in [1.165, 1.54) is 31.4 Å². The Labute approximate surface area is 81.9 Å². The van der Waals surface area contributed by atoms with E-state index in [0.29, 0.717) is 5.41 Å². The van der Waals surface area contributed by atoms with Gasteiger partial charge < -0.3 is 5.32 Å². The third kappa shape index (κ3) is 2.36. The first-order valence-corrected chi connectivity index (χ1v) is 5.42. The maximum atomic E-state index is 3.32. The number of nitrogens with one attached hydrogen (secondary N) is 1. The monoisotopic (exact) mass is 179 g/mol. The van der Waals surface area contributed by atoms with Crippen LogP contribution >= 0.6 is 0 Å². The van der Waals surface area contributed by atoms with Crippen molar-refractivity contribution in [2.75, 3.05) is 0 Å². The molecule has 0 aromatic carbocycles. The summed E-state index contributed by atoms with van der Waals surface area (Å²) < 4.78 is 0. The van der Waals surface area contributed by atoms with E-state index in [1.54, 1.807) is 0 Å². The van der Waals surface area contributed by atoms with E-state index in [1.807, 2.05) is 0 Å². The van der Waals surface area contributed by atoms with Crippen molar-refractivity contribution >= 4 is 0 Å². The Hall–Kier alpha value is -0.720. The summed E-state index contributed by atoms with van der Waals surface area (Å²) in [4.78, 5) is 0. The predicted molar refractivity (Wildman–Crippen MR) is 58.3 cm³/mol. The van der Waals surface area contributed by atoms with Crippen LogP contribution in [-0.2, 0) is 0 Å². The van der Waals surface area contributed by atoms with Gasteiger partial charge >= 0.3 is 0 Å². The van der Waals surface area contributed by atoms with E-state index in [0.717, 1.165) is 0 Å².